The first-order valence-corrected chi connectivity index (χ1v) is 9.36. The number of rotatable bonds is 4. The summed E-state index contributed by atoms with van der Waals surface area (Å²) in [6.07, 6.45) is 0. The number of sulfonamides is 1. The van der Waals surface area contributed by atoms with Crippen LogP contribution in [0.15, 0.2) is 52.4 Å². The zero-order chi connectivity index (χ0) is 20.2. The third-order valence-corrected chi connectivity index (χ3v) is 5.14. The van der Waals surface area contributed by atoms with Crippen LogP contribution in [0, 0.1) is 0 Å². The van der Waals surface area contributed by atoms with Crippen molar-refractivity contribution in [1.82, 2.24) is 4.72 Å². The van der Waals surface area contributed by atoms with E-state index < -0.39 is 32.8 Å². The average Bonchev–Trinajstić information content (AvgIpc) is 2.53. The number of nitrogens with zero attached hydrogens (tertiary/aromatic N) is 1. The Kier molecular flexibility index (Phi) is 6.26. The summed E-state index contributed by atoms with van der Waals surface area (Å²) in [5, 5.41) is 1.87. The Hall–Kier alpha value is -2.82. The largest absolute Gasteiger partial charge is 0.370 e. The van der Waals surface area contributed by atoms with Crippen LogP contribution in [-0.2, 0) is 10.0 Å². The van der Waals surface area contributed by atoms with E-state index in [-0.39, 0.29) is 15.6 Å². The zero-order valence-corrected chi connectivity index (χ0v) is 15.8. The van der Waals surface area contributed by atoms with E-state index in [4.69, 9.17) is 34.7 Å². The standard InChI is InChI=1S/C15H13Cl2N5O4S/c16-10-7-11(17)12(6-9(10)13(23)21-14(18)19)27(25,26)22-15(24)20-8-4-2-1-3-5-8/h1-7H,(H2,20,22,24)(H4,18,19,21,23). The van der Waals surface area contributed by atoms with E-state index >= 15 is 0 Å². The first-order valence-electron chi connectivity index (χ1n) is 7.12. The van der Waals surface area contributed by atoms with Crippen LogP contribution < -0.4 is 21.5 Å². The molecule has 3 amide bonds. The Labute approximate surface area is 164 Å². The van der Waals surface area contributed by atoms with Crippen LogP contribution in [0.3, 0.4) is 0 Å². The fraction of sp³-hybridized carbons (Fsp3) is 0. The lowest BCUT2D eigenvalue weighted by Gasteiger charge is -2.11. The lowest BCUT2D eigenvalue weighted by atomic mass is 10.2. The molecule has 0 bridgehead atoms. The number of guanidine groups is 1. The van der Waals surface area contributed by atoms with Crippen LogP contribution in [0.4, 0.5) is 10.5 Å². The van der Waals surface area contributed by atoms with Crippen molar-refractivity contribution in [2.45, 2.75) is 4.90 Å². The molecule has 0 aliphatic carbocycles. The Balaban J connectivity index is 2.33. The normalized spacial score (nSPS) is 10.7. The molecule has 27 heavy (non-hydrogen) atoms. The summed E-state index contributed by atoms with van der Waals surface area (Å²) in [6, 6.07) is 9.04. The molecule has 0 radical (unpaired) electrons. The molecule has 0 saturated heterocycles. The number of benzene rings is 2. The molecule has 0 atom stereocenters. The van der Waals surface area contributed by atoms with Gasteiger partial charge in [0.05, 0.1) is 15.6 Å². The molecular formula is C15H13Cl2N5O4S. The van der Waals surface area contributed by atoms with Gasteiger partial charge in [0, 0.05) is 5.69 Å². The van der Waals surface area contributed by atoms with Gasteiger partial charge in [-0.1, -0.05) is 41.4 Å². The van der Waals surface area contributed by atoms with Gasteiger partial charge < -0.3 is 16.8 Å². The van der Waals surface area contributed by atoms with E-state index in [1.165, 1.54) is 0 Å². The molecule has 0 fully saturated rings. The lowest BCUT2D eigenvalue weighted by molar-refractivity contribution is 0.100. The number of carbonyl (C=O) groups excluding carboxylic acids is 2. The quantitative estimate of drug-likeness (QED) is 0.429. The smallest absolute Gasteiger partial charge is 0.333 e. The van der Waals surface area contributed by atoms with Gasteiger partial charge in [-0.15, -0.1) is 0 Å². The maximum absolute atomic E-state index is 12.5. The highest BCUT2D eigenvalue weighted by atomic mass is 35.5. The van der Waals surface area contributed by atoms with Crippen molar-refractivity contribution in [2.75, 3.05) is 5.32 Å². The number of nitrogens with two attached hydrogens (primary N) is 2. The van der Waals surface area contributed by atoms with Crippen LogP contribution in [0.25, 0.3) is 0 Å². The predicted octanol–water partition coefficient (Wildman–Crippen LogP) is 1.92. The van der Waals surface area contributed by atoms with E-state index in [1.807, 2.05) is 0 Å². The molecule has 0 heterocycles. The number of halogens is 2. The first kappa shape index (κ1) is 20.5. The predicted molar refractivity (Wildman–Crippen MR) is 102 cm³/mol. The van der Waals surface area contributed by atoms with Gasteiger partial charge in [-0.3, -0.25) is 4.79 Å². The summed E-state index contributed by atoms with van der Waals surface area (Å²) in [6.45, 7) is 0. The first-order chi connectivity index (χ1) is 12.6. The Bertz CT molecular complexity index is 1020. The van der Waals surface area contributed by atoms with Crippen molar-refractivity contribution in [3.8, 4) is 0 Å². The van der Waals surface area contributed by atoms with Crippen molar-refractivity contribution in [3.05, 3.63) is 58.1 Å². The lowest BCUT2D eigenvalue weighted by Crippen LogP contribution is -2.34. The second-order valence-electron chi connectivity index (χ2n) is 5.03. The third-order valence-electron chi connectivity index (χ3n) is 3.03. The minimum atomic E-state index is -4.43. The number of aliphatic imine (C=N–C) groups is 1. The van der Waals surface area contributed by atoms with Crippen LogP contribution in [-0.4, -0.2) is 26.3 Å². The van der Waals surface area contributed by atoms with Gasteiger partial charge in [-0.05, 0) is 24.3 Å². The molecule has 6 N–H and O–H groups in total. The van der Waals surface area contributed by atoms with Crippen molar-refractivity contribution in [3.63, 3.8) is 0 Å². The molecule has 9 nitrogen and oxygen atoms in total. The monoisotopic (exact) mass is 429 g/mol. The fourth-order valence-corrected chi connectivity index (χ4v) is 3.69. The van der Waals surface area contributed by atoms with Crippen LogP contribution >= 0.6 is 23.2 Å². The molecule has 12 heteroatoms. The summed E-state index contributed by atoms with van der Waals surface area (Å²) >= 11 is 11.8. The maximum atomic E-state index is 12.5. The van der Waals surface area contributed by atoms with Crippen molar-refractivity contribution in [1.29, 1.82) is 0 Å². The summed E-state index contributed by atoms with van der Waals surface area (Å²) in [5.41, 5.74) is 10.3. The molecule has 2 aromatic carbocycles. The number of amides is 3. The number of urea groups is 1. The van der Waals surface area contributed by atoms with E-state index in [2.05, 4.69) is 10.3 Å². The number of carbonyl (C=O) groups is 2. The topological polar surface area (TPSA) is 157 Å². The molecule has 0 spiro atoms. The second kappa shape index (κ2) is 8.25. The molecular weight excluding hydrogens is 417 g/mol. The Morgan fingerprint density at radius 2 is 1.63 bits per heavy atom. The van der Waals surface area contributed by atoms with E-state index in [0.29, 0.717) is 5.69 Å². The maximum Gasteiger partial charge on any atom is 0.333 e. The average molecular weight is 430 g/mol. The second-order valence-corrected chi connectivity index (χ2v) is 7.50. The third kappa shape index (κ3) is 5.33. The Morgan fingerprint density at radius 1 is 1.00 bits per heavy atom. The highest BCUT2D eigenvalue weighted by Gasteiger charge is 2.24. The molecule has 142 valence electrons. The number of nitrogens with one attached hydrogen (secondary N) is 2. The molecule has 0 aliphatic heterocycles. The number of anilines is 1. The summed E-state index contributed by atoms with van der Waals surface area (Å²) in [5.74, 6) is -1.50. The minimum absolute atomic E-state index is 0.164. The van der Waals surface area contributed by atoms with Gasteiger partial charge in [-0.2, -0.15) is 4.99 Å². The van der Waals surface area contributed by atoms with Crippen LogP contribution in [0.5, 0.6) is 0 Å². The fourth-order valence-electron chi connectivity index (χ4n) is 1.93. The van der Waals surface area contributed by atoms with Gasteiger partial charge in [0.15, 0.2) is 5.96 Å². The SMILES string of the molecule is NC(N)=NC(=O)c1cc(S(=O)(=O)NC(=O)Nc2ccccc2)c(Cl)cc1Cl. The van der Waals surface area contributed by atoms with E-state index in [9.17, 15) is 18.0 Å². The number of para-hydroxylation sites is 1. The van der Waals surface area contributed by atoms with Crippen molar-refractivity contribution < 1.29 is 18.0 Å². The minimum Gasteiger partial charge on any atom is -0.370 e. The van der Waals surface area contributed by atoms with E-state index in [1.54, 1.807) is 35.1 Å². The number of hydrogen-bond acceptors (Lipinski definition) is 4. The number of hydrogen-bond donors (Lipinski definition) is 4. The van der Waals surface area contributed by atoms with E-state index in [0.717, 1.165) is 12.1 Å². The van der Waals surface area contributed by atoms with Gasteiger partial charge in [0.2, 0.25) is 0 Å². The molecule has 2 aromatic rings. The molecule has 2 rings (SSSR count). The summed E-state index contributed by atoms with van der Waals surface area (Å²) in [7, 11) is -4.43. The Morgan fingerprint density at radius 3 is 2.22 bits per heavy atom. The summed E-state index contributed by atoms with van der Waals surface area (Å²) in [4.78, 5) is 26.7. The highest BCUT2D eigenvalue weighted by molar-refractivity contribution is 7.90. The molecule has 0 unspecified atom stereocenters. The van der Waals surface area contributed by atoms with Gasteiger partial charge in [-0.25, -0.2) is 17.9 Å². The van der Waals surface area contributed by atoms with Crippen molar-refractivity contribution in [2.24, 2.45) is 16.5 Å². The van der Waals surface area contributed by atoms with Gasteiger partial charge in [0.25, 0.3) is 15.9 Å². The van der Waals surface area contributed by atoms with Gasteiger partial charge in [0.1, 0.15) is 4.90 Å². The molecule has 0 aliphatic rings. The molecule has 0 aromatic heterocycles. The highest BCUT2D eigenvalue weighted by Crippen LogP contribution is 2.29. The van der Waals surface area contributed by atoms with Crippen LogP contribution in [0.2, 0.25) is 10.0 Å². The van der Waals surface area contributed by atoms with Crippen molar-refractivity contribution >= 4 is 56.8 Å². The van der Waals surface area contributed by atoms with Crippen LogP contribution in [0.1, 0.15) is 10.4 Å². The summed E-state index contributed by atoms with van der Waals surface area (Å²) < 4.78 is 26.7. The molecule has 0 saturated carbocycles. The zero-order valence-electron chi connectivity index (χ0n) is 13.4. The van der Waals surface area contributed by atoms with Gasteiger partial charge >= 0.3 is 6.03 Å².